The van der Waals surface area contributed by atoms with Crippen LogP contribution in [0.2, 0.25) is 5.02 Å². The summed E-state index contributed by atoms with van der Waals surface area (Å²) in [5, 5.41) is 6.45. The molecule has 0 amide bonds. The van der Waals surface area contributed by atoms with Crippen molar-refractivity contribution in [2.45, 2.75) is 0 Å². The molecule has 0 unspecified atom stereocenters. The highest BCUT2D eigenvalue weighted by molar-refractivity contribution is 6.32. The Morgan fingerprint density at radius 3 is 2.79 bits per heavy atom. The van der Waals surface area contributed by atoms with Gasteiger partial charge in [-0.1, -0.05) is 29.8 Å². The molecule has 100 valence electrons. The van der Waals surface area contributed by atoms with Gasteiger partial charge < -0.3 is 15.4 Å². The van der Waals surface area contributed by atoms with E-state index in [2.05, 4.69) is 20.6 Å². The summed E-state index contributed by atoms with van der Waals surface area (Å²) in [4.78, 5) is 8.22. The second kappa shape index (κ2) is 6.80. The molecule has 1 aromatic carbocycles. The number of nitrogens with one attached hydrogen (secondary N) is 2. The minimum atomic E-state index is 0.485. The predicted octanol–water partition coefficient (Wildman–Crippen LogP) is 2.66. The van der Waals surface area contributed by atoms with E-state index in [1.54, 1.807) is 13.2 Å². The third kappa shape index (κ3) is 3.99. The Labute approximate surface area is 117 Å². The lowest BCUT2D eigenvalue weighted by Crippen LogP contribution is -2.13. The Morgan fingerprint density at radius 1 is 1.26 bits per heavy atom. The molecule has 0 spiro atoms. The largest absolute Gasteiger partial charge is 0.492 e. The van der Waals surface area contributed by atoms with Crippen molar-refractivity contribution >= 4 is 23.4 Å². The van der Waals surface area contributed by atoms with E-state index in [1.165, 1.54) is 0 Å². The van der Waals surface area contributed by atoms with Gasteiger partial charge in [-0.2, -0.15) is 4.98 Å². The maximum atomic E-state index is 5.99. The van der Waals surface area contributed by atoms with E-state index in [0.717, 1.165) is 5.75 Å². The number of hydrogen-bond acceptors (Lipinski definition) is 5. The lowest BCUT2D eigenvalue weighted by atomic mass is 10.3. The standard InChI is InChI=1S/C13H15ClN4O/c1-15-13-17-9-11(14)12(18-13)16-7-8-19-10-5-3-2-4-6-10/h2-6,9H,7-8H2,1H3,(H2,15,16,17,18). The molecule has 0 saturated heterocycles. The van der Waals surface area contributed by atoms with Gasteiger partial charge in [-0.15, -0.1) is 0 Å². The van der Waals surface area contributed by atoms with Gasteiger partial charge in [0.2, 0.25) is 5.95 Å². The molecule has 5 nitrogen and oxygen atoms in total. The Balaban J connectivity index is 1.82. The Hall–Kier alpha value is -2.01. The van der Waals surface area contributed by atoms with E-state index in [1.807, 2.05) is 30.3 Å². The summed E-state index contributed by atoms with van der Waals surface area (Å²) in [6.45, 7) is 1.13. The fraction of sp³-hybridized carbons (Fsp3) is 0.231. The van der Waals surface area contributed by atoms with Crippen LogP contribution in [0.5, 0.6) is 5.75 Å². The van der Waals surface area contributed by atoms with Crippen LogP contribution in [-0.4, -0.2) is 30.2 Å². The lowest BCUT2D eigenvalue weighted by Gasteiger charge is -2.09. The van der Waals surface area contributed by atoms with E-state index < -0.39 is 0 Å². The van der Waals surface area contributed by atoms with Gasteiger partial charge in [-0.05, 0) is 12.1 Å². The molecular weight excluding hydrogens is 264 g/mol. The normalized spacial score (nSPS) is 10.0. The van der Waals surface area contributed by atoms with Crippen LogP contribution < -0.4 is 15.4 Å². The molecule has 0 aliphatic rings. The van der Waals surface area contributed by atoms with Crippen molar-refractivity contribution in [2.24, 2.45) is 0 Å². The smallest absolute Gasteiger partial charge is 0.224 e. The number of benzene rings is 1. The summed E-state index contributed by atoms with van der Waals surface area (Å²) >= 11 is 5.99. The van der Waals surface area contributed by atoms with Crippen molar-refractivity contribution < 1.29 is 4.74 Å². The van der Waals surface area contributed by atoms with Gasteiger partial charge in [-0.25, -0.2) is 4.98 Å². The highest BCUT2D eigenvalue weighted by atomic mass is 35.5. The van der Waals surface area contributed by atoms with E-state index in [9.17, 15) is 0 Å². The topological polar surface area (TPSA) is 59.1 Å². The van der Waals surface area contributed by atoms with E-state index in [0.29, 0.717) is 29.9 Å². The summed E-state index contributed by atoms with van der Waals surface area (Å²) in [6.07, 6.45) is 1.56. The first-order chi connectivity index (χ1) is 9.29. The second-order valence-corrected chi connectivity index (χ2v) is 4.14. The molecular formula is C13H15ClN4O. The number of rotatable bonds is 6. The first-order valence-corrected chi connectivity index (χ1v) is 6.29. The summed E-state index contributed by atoms with van der Waals surface area (Å²) in [7, 11) is 1.76. The van der Waals surface area contributed by atoms with Crippen molar-refractivity contribution in [1.29, 1.82) is 0 Å². The zero-order valence-corrected chi connectivity index (χ0v) is 11.3. The highest BCUT2D eigenvalue weighted by Gasteiger charge is 2.03. The molecule has 6 heteroatoms. The van der Waals surface area contributed by atoms with Crippen molar-refractivity contribution in [3.63, 3.8) is 0 Å². The molecule has 19 heavy (non-hydrogen) atoms. The number of para-hydroxylation sites is 1. The van der Waals surface area contributed by atoms with Crippen LogP contribution in [0.25, 0.3) is 0 Å². The minimum Gasteiger partial charge on any atom is -0.492 e. The molecule has 0 atom stereocenters. The summed E-state index contributed by atoms with van der Waals surface area (Å²) in [5.74, 6) is 1.96. The van der Waals surface area contributed by atoms with Crippen LogP contribution in [0.1, 0.15) is 0 Å². The molecule has 0 aliphatic carbocycles. The van der Waals surface area contributed by atoms with Crippen LogP contribution >= 0.6 is 11.6 Å². The average Bonchev–Trinajstić information content (AvgIpc) is 2.46. The Bertz CT molecular complexity index is 521. The molecule has 0 aliphatic heterocycles. The molecule has 2 N–H and O–H groups in total. The Morgan fingerprint density at radius 2 is 2.05 bits per heavy atom. The summed E-state index contributed by atoms with van der Waals surface area (Å²) < 4.78 is 5.56. The molecule has 0 fully saturated rings. The number of hydrogen-bond donors (Lipinski definition) is 2. The van der Waals surface area contributed by atoms with E-state index in [-0.39, 0.29) is 0 Å². The molecule has 2 aromatic rings. The first kappa shape index (κ1) is 13.4. The van der Waals surface area contributed by atoms with Gasteiger partial charge in [0.05, 0.1) is 12.7 Å². The number of anilines is 2. The van der Waals surface area contributed by atoms with Gasteiger partial charge in [-0.3, -0.25) is 0 Å². The molecule has 1 heterocycles. The predicted molar refractivity (Wildman–Crippen MR) is 77.0 cm³/mol. The first-order valence-electron chi connectivity index (χ1n) is 5.91. The third-order valence-corrected chi connectivity index (χ3v) is 2.65. The summed E-state index contributed by atoms with van der Waals surface area (Å²) in [6, 6.07) is 9.64. The number of halogens is 1. The monoisotopic (exact) mass is 278 g/mol. The highest BCUT2D eigenvalue weighted by Crippen LogP contribution is 2.18. The lowest BCUT2D eigenvalue weighted by molar-refractivity contribution is 0.333. The van der Waals surface area contributed by atoms with Crippen LogP contribution in [0.3, 0.4) is 0 Å². The van der Waals surface area contributed by atoms with Crippen molar-refractivity contribution in [2.75, 3.05) is 30.8 Å². The number of aromatic nitrogens is 2. The van der Waals surface area contributed by atoms with Crippen molar-refractivity contribution in [3.05, 3.63) is 41.6 Å². The average molecular weight is 279 g/mol. The maximum Gasteiger partial charge on any atom is 0.224 e. The number of nitrogens with zero attached hydrogens (tertiary/aromatic N) is 2. The van der Waals surface area contributed by atoms with Crippen molar-refractivity contribution in [1.82, 2.24) is 9.97 Å². The van der Waals surface area contributed by atoms with Gasteiger partial charge in [0, 0.05) is 7.05 Å². The third-order valence-electron chi connectivity index (χ3n) is 2.37. The van der Waals surface area contributed by atoms with Crippen LogP contribution in [0.15, 0.2) is 36.5 Å². The quantitative estimate of drug-likeness (QED) is 0.796. The van der Waals surface area contributed by atoms with Gasteiger partial charge in [0.15, 0.2) is 5.82 Å². The van der Waals surface area contributed by atoms with E-state index >= 15 is 0 Å². The molecule has 0 bridgehead atoms. The van der Waals surface area contributed by atoms with Gasteiger partial charge >= 0.3 is 0 Å². The zero-order chi connectivity index (χ0) is 13.5. The molecule has 0 saturated carbocycles. The molecule has 1 aromatic heterocycles. The van der Waals surface area contributed by atoms with Gasteiger partial charge in [0.1, 0.15) is 17.4 Å². The maximum absolute atomic E-state index is 5.99. The summed E-state index contributed by atoms with van der Waals surface area (Å²) in [5.41, 5.74) is 0. The Kier molecular flexibility index (Phi) is 4.80. The van der Waals surface area contributed by atoms with Crippen molar-refractivity contribution in [3.8, 4) is 5.75 Å². The number of ether oxygens (including phenoxy) is 1. The van der Waals surface area contributed by atoms with Crippen LogP contribution in [-0.2, 0) is 0 Å². The zero-order valence-electron chi connectivity index (χ0n) is 10.6. The second-order valence-electron chi connectivity index (χ2n) is 3.73. The SMILES string of the molecule is CNc1ncc(Cl)c(NCCOc2ccccc2)n1. The van der Waals surface area contributed by atoms with Crippen LogP contribution in [0.4, 0.5) is 11.8 Å². The molecule has 2 rings (SSSR count). The fourth-order valence-corrected chi connectivity index (χ4v) is 1.62. The van der Waals surface area contributed by atoms with Gasteiger partial charge in [0.25, 0.3) is 0 Å². The minimum absolute atomic E-state index is 0.485. The van der Waals surface area contributed by atoms with E-state index in [4.69, 9.17) is 16.3 Å². The van der Waals surface area contributed by atoms with Crippen LogP contribution in [0, 0.1) is 0 Å². The fourth-order valence-electron chi connectivity index (χ4n) is 1.47. The molecule has 0 radical (unpaired) electrons.